The van der Waals surface area contributed by atoms with Crippen molar-refractivity contribution in [2.75, 3.05) is 0 Å². The van der Waals surface area contributed by atoms with E-state index in [0.29, 0.717) is 5.56 Å². The summed E-state index contributed by atoms with van der Waals surface area (Å²) in [5, 5.41) is 2.74. The number of benzene rings is 1. The molecule has 28 heavy (non-hydrogen) atoms. The molecule has 5 nitrogen and oxygen atoms in total. The fourth-order valence-corrected chi connectivity index (χ4v) is 3.44. The highest BCUT2D eigenvalue weighted by Gasteiger charge is 2.36. The van der Waals surface area contributed by atoms with Crippen LogP contribution in [0.15, 0.2) is 36.5 Å². The van der Waals surface area contributed by atoms with Gasteiger partial charge in [-0.2, -0.15) is 0 Å². The molecule has 0 saturated heterocycles. The van der Waals surface area contributed by atoms with E-state index in [4.69, 9.17) is 4.74 Å². The lowest BCUT2D eigenvalue weighted by molar-refractivity contribution is 0.0494. The summed E-state index contributed by atoms with van der Waals surface area (Å²) in [4.78, 5) is 29.1. The molecule has 3 rings (SSSR count). The zero-order chi connectivity index (χ0) is 20.5. The highest BCUT2D eigenvalue weighted by atomic mass is 19.2. The number of amides is 1. The SMILES string of the molecule is CC(C)(C)OC(=O)N[C@@H]1c2cccnc2C(=O)CC[C@H]1c1cccc(F)c1F. The lowest BCUT2D eigenvalue weighted by Crippen LogP contribution is -2.37. The zero-order valence-corrected chi connectivity index (χ0v) is 16.0. The van der Waals surface area contributed by atoms with Crippen LogP contribution in [0.3, 0.4) is 0 Å². The molecule has 1 aromatic heterocycles. The van der Waals surface area contributed by atoms with Crippen LogP contribution in [0.1, 0.15) is 67.2 Å². The first kappa shape index (κ1) is 19.9. The number of Topliss-reactive ketones (excluding diaryl/α,β-unsaturated/α-hetero) is 1. The maximum atomic E-state index is 14.6. The largest absolute Gasteiger partial charge is 0.444 e. The highest BCUT2D eigenvalue weighted by Crippen LogP contribution is 2.40. The third kappa shape index (κ3) is 4.18. The molecule has 2 aromatic rings. The molecule has 0 spiro atoms. The molecule has 1 aliphatic carbocycles. The van der Waals surface area contributed by atoms with Crippen molar-refractivity contribution in [3.05, 3.63) is 65.0 Å². The smallest absolute Gasteiger partial charge is 0.408 e. The topological polar surface area (TPSA) is 68.3 Å². The van der Waals surface area contributed by atoms with Gasteiger partial charge in [0, 0.05) is 24.1 Å². The van der Waals surface area contributed by atoms with Crippen molar-refractivity contribution in [2.24, 2.45) is 0 Å². The number of alkyl carbamates (subject to hydrolysis) is 1. The zero-order valence-electron chi connectivity index (χ0n) is 16.0. The maximum absolute atomic E-state index is 14.6. The van der Waals surface area contributed by atoms with E-state index in [2.05, 4.69) is 10.3 Å². The van der Waals surface area contributed by atoms with Gasteiger partial charge in [-0.1, -0.05) is 18.2 Å². The van der Waals surface area contributed by atoms with Gasteiger partial charge in [-0.25, -0.2) is 13.6 Å². The van der Waals surface area contributed by atoms with Gasteiger partial charge in [-0.05, 0) is 44.9 Å². The number of halogens is 2. The molecule has 0 unspecified atom stereocenters. The van der Waals surface area contributed by atoms with Crippen molar-refractivity contribution in [3.63, 3.8) is 0 Å². The number of carbonyl (C=O) groups excluding carboxylic acids is 2. The summed E-state index contributed by atoms with van der Waals surface area (Å²) < 4.78 is 33.7. The minimum absolute atomic E-state index is 0.102. The summed E-state index contributed by atoms with van der Waals surface area (Å²) in [6, 6.07) is 6.43. The minimum Gasteiger partial charge on any atom is -0.444 e. The number of hydrogen-bond donors (Lipinski definition) is 1. The van der Waals surface area contributed by atoms with Crippen molar-refractivity contribution in [3.8, 4) is 0 Å². The Morgan fingerprint density at radius 1 is 1.18 bits per heavy atom. The number of fused-ring (bicyclic) bond motifs is 1. The number of ether oxygens (including phenoxy) is 1. The standard InChI is InChI=1S/C21H22F2N2O3/c1-21(2,3)28-20(27)25-18-13(12-6-4-8-15(22)17(12)23)9-10-16(26)19-14(18)7-5-11-24-19/h4-8,11,13,18H,9-10H2,1-3H3,(H,25,27)/t13-,18-/m0/s1. The first-order valence-corrected chi connectivity index (χ1v) is 9.09. The van der Waals surface area contributed by atoms with Gasteiger partial charge < -0.3 is 10.1 Å². The van der Waals surface area contributed by atoms with Crippen LogP contribution in [0.5, 0.6) is 0 Å². The van der Waals surface area contributed by atoms with Crippen molar-refractivity contribution >= 4 is 11.9 Å². The Balaban J connectivity index is 2.08. The molecule has 7 heteroatoms. The number of rotatable bonds is 2. The summed E-state index contributed by atoms with van der Waals surface area (Å²) in [5.74, 6) is -2.82. The number of pyridine rings is 1. The third-order valence-corrected chi connectivity index (χ3v) is 4.58. The average molecular weight is 388 g/mol. The number of hydrogen-bond acceptors (Lipinski definition) is 4. The molecule has 1 N–H and O–H groups in total. The summed E-state index contributed by atoms with van der Waals surface area (Å²) >= 11 is 0. The fraction of sp³-hybridized carbons (Fsp3) is 0.381. The lowest BCUT2D eigenvalue weighted by Gasteiger charge is -2.29. The molecule has 148 valence electrons. The van der Waals surface area contributed by atoms with Crippen molar-refractivity contribution in [2.45, 2.75) is 51.2 Å². The van der Waals surface area contributed by atoms with Gasteiger partial charge >= 0.3 is 6.09 Å². The van der Waals surface area contributed by atoms with Gasteiger partial charge in [0.25, 0.3) is 0 Å². The van der Waals surface area contributed by atoms with Gasteiger partial charge in [-0.15, -0.1) is 0 Å². The van der Waals surface area contributed by atoms with Crippen LogP contribution in [0.25, 0.3) is 0 Å². The van der Waals surface area contributed by atoms with Crippen LogP contribution in [0.4, 0.5) is 13.6 Å². The maximum Gasteiger partial charge on any atom is 0.408 e. The number of ketones is 1. The van der Waals surface area contributed by atoms with Crippen LogP contribution in [0.2, 0.25) is 0 Å². The number of aromatic nitrogens is 1. The molecule has 0 saturated carbocycles. The van der Waals surface area contributed by atoms with E-state index in [1.807, 2.05) is 0 Å². The molecular weight excluding hydrogens is 366 g/mol. The molecule has 2 atom stereocenters. The van der Waals surface area contributed by atoms with Gasteiger partial charge in [0.2, 0.25) is 0 Å². The minimum atomic E-state index is -0.983. The van der Waals surface area contributed by atoms with E-state index in [-0.39, 0.29) is 29.9 Å². The molecule has 1 aliphatic rings. The fourth-order valence-electron chi connectivity index (χ4n) is 3.44. The molecule has 0 fully saturated rings. The Bertz CT molecular complexity index is 909. The normalized spacial score (nSPS) is 19.5. The Labute approximate surface area is 162 Å². The summed E-state index contributed by atoms with van der Waals surface area (Å²) in [6.45, 7) is 5.17. The predicted octanol–water partition coefficient (Wildman–Crippen LogP) is 4.69. The van der Waals surface area contributed by atoms with E-state index < -0.39 is 35.3 Å². The van der Waals surface area contributed by atoms with E-state index >= 15 is 0 Å². The van der Waals surface area contributed by atoms with Crippen molar-refractivity contribution in [1.29, 1.82) is 0 Å². The van der Waals surface area contributed by atoms with E-state index in [1.165, 1.54) is 18.3 Å². The van der Waals surface area contributed by atoms with Gasteiger partial charge in [0.05, 0.1) is 6.04 Å². The molecule has 1 amide bonds. The van der Waals surface area contributed by atoms with E-state index in [0.717, 1.165) is 6.07 Å². The number of nitrogens with zero attached hydrogens (tertiary/aromatic N) is 1. The van der Waals surface area contributed by atoms with Crippen LogP contribution in [-0.2, 0) is 4.74 Å². The summed E-state index contributed by atoms with van der Waals surface area (Å²) in [5.41, 5.74) is 0.0556. The first-order chi connectivity index (χ1) is 13.2. The molecule has 0 radical (unpaired) electrons. The Morgan fingerprint density at radius 3 is 2.61 bits per heavy atom. The molecular formula is C21H22F2N2O3. The molecule has 0 bridgehead atoms. The predicted molar refractivity (Wildman–Crippen MR) is 99.0 cm³/mol. The summed E-state index contributed by atoms with van der Waals surface area (Å²) in [7, 11) is 0. The van der Waals surface area contributed by atoms with Crippen molar-refractivity contribution < 1.29 is 23.1 Å². The first-order valence-electron chi connectivity index (χ1n) is 9.09. The monoisotopic (exact) mass is 388 g/mol. The second kappa shape index (κ2) is 7.66. The summed E-state index contributed by atoms with van der Waals surface area (Å²) in [6.07, 6.45) is 1.13. The van der Waals surface area contributed by atoms with E-state index in [1.54, 1.807) is 32.9 Å². The highest BCUT2D eigenvalue weighted by molar-refractivity contribution is 5.96. The Morgan fingerprint density at radius 2 is 1.89 bits per heavy atom. The molecule has 1 aromatic carbocycles. The second-order valence-electron chi connectivity index (χ2n) is 7.78. The van der Waals surface area contributed by atoms with Gasteiger partial charge in [0.1, 0.15) is 11.3 Å². The molecule has 1 heterocycles. The van der Waals surface area contributed by atoms with Crippen LogP contribution in [-0.4, -0.2) is 22.5 Å². The number of carbonyl (C=O) groups is 2. The quantitative estimate of drug-likeness (QED) is 0.758. The Kier molecular flexibility index (Phi) is 5.45. The van der Waals surface area contributed by atoms with Gasteiger partial charge in [-0.3, -0.25) is 9.78 Å². The molecule has 0 aliphatic heterocycles. The van der Waals surface area contributed by atoms with Gasteiger partial charge in [0.15, 0.2) is 17.4 Å². The third-order valence-electron chi connectivity index (χ3n) is 4.58. The van der Waals surface area contributed by atoms with Crippen molar-refractivity contribution in [1.82, 2.24) is 10.3 Å². The lowest BCUT2D eigenvalue weighted by atomic mass is 9.85. The average Bonchev–Trinajstić information content (AvgIpc) is 2.74. The van der Waals surface area contributed by atoms with Crippen LogP contribution < -0.4 is 5.32 Å². The van der Waals surface area contributed by atoms with E-state index in [9.17, 15) is 18.4 Å². The number of nitrogens with one attached hydrogen (secondary N) is 1. The second-order valence-corrected chi connectivity index (χ2v) is 7.78. The van der Waals surface area contributed by atoms with Crippen LogP contribution in [0, 0.1) is 11.6 Å². The Hall–Kier alpha value is -2.83. The van der Waals surface area contributed by atoms with Crippen LogP contribution >= 0.6 is 0 Å².